The summed E-state index contributed by atoms with van der Waals surface area (Å²) in [6.07, 6.45) is 2.00. The Hall–Kier alpha value is 0.894. The molecule has 0 aliphatic carbocycles. The van der Waals surface area contributed by atoms with Crippen LogP contribution in [0.3, 0.4) is 0 Å². The molecule has 0 aliphatic heterocycles. The fraction of sp³-hybridized carbons (Fsp3) is 1.00. The zero-order valence-electron chi connectivity index (χ0n) is 16.2. The van der Waals surface area contributed by atoms with Gasteiger partial charge in [-0.3, -0.25) is 0 Å². The van der Waals surface area contributed by atoms with Crippen LogP contribution in [0.5, 0.6) is 0 Å². The van der Waals surface area contributed by atoms with Crippen molar-refractivity contribution >= 4 is 39.2 Å². The van der Waals surface area contributed by atoms with Crippen LogP contribution in [0.2, 0.25) is 12.1 Å². The van der Waals surface area contributed by atoms with Crippen molar-refractivity contribution in [2.24, 2.45) is 0 Å². The Kier molecular flexibility index (Phi) is 13.6. The van der Waals surface area contributed by atoms with Crippen LogP contribution < -0.4 is 0 Å². The normalized spacial score (nSPS) is 15.5. The summed E-state index contributed by atoms with van der Waals surface area (Å²) in [6.45, 7) is 4.45. The molecule has 0 aliphatic rings. The van der Waals surface area contributed by atoms with Crippen molar-refractivity contribution in [3.8, 4) is 0 Å². The molecule has 0 N–H and O–H groups in total. The summed E-state index contributed by atoms with van der Waals surface area (Å²) in [5, 5.41) is 0.998. The van der Waals surface area contributed by atoms with Crippen LogP contribution in [0.1, 0.15) is 26.7 Å². The third-order valence-corrected chi connectivity index (χ3v) is 13.0. The Morgan fingerprint density at radius 2 is 0.833 bits per heavy atom. The molecule has 0 aromatic carbocycles. The van der Waals surface area contributed by atoms with Gasteiger partial charge in [-0.1, -0.05) is 35.4 Å². The highest BCUT2D eigenvalue weighted by molar-refractivity contribution is 8.77. The Labute approximate surface area is 157 Å². The maximum Gasteiger partial charge on any atom is 0.500 e. The van der Waals surface area contributed by atoms with Crippen molar-refractivity contribution in [3.05, 3.63) is 0 Å². The highest BCUT2D eigenvalue weighted by Crippen LogP contribution is 2.36. The lowest BCUT2D eigenvalue weighted by atomic mass is 10.4. The molecule has 0 fully saturated rings. The van der Waals surface area contributed by atoms with Gasteiger partial charge < -0.3 is 26.6 Å². The zero-order valence-corrected chi connectivity index (χ0v) is 19.9. The third kappa shape index (κ3) is 8.52. The molecule has 2 atom stereocenters. The Morgan fingerprint density at radius 3 is 1.04 bits per heavy atom. The van der Waals surface area contributed by atoms with E-state index in [1.54, 1.807) is 42.7 Å². The molecule has 0 aromatic rings. The number of hydrogen-bond acceptors (Lipinski definition) is 8. The van der Waals surface area contributed by atoms with Gasteiger partial charge in [0.1, 0.15) is 0 Å². The van der Waals surface area contributed by atoms with Crippen LogP contribution in [0.4, 0.5) is 0 Å². The van der Waals surface area contributed by atoms with Crippen LogP contribution in [-0.2, 0) is 26.6 Å². The lowest BCUT2D eigenvalue weighted by molar-refractivity contribution is 0.122. The Balaban J connectivity index is 4.15. The van der Waals surface area contributed by atoms with E-state index in [-0.39, 0.29) is 0 Å². The lowest BCUT2D eigenvalue weighted by Crippen LogP contribution is -2.43. The van der Waals surface area contributed by atoms with Gasteiger partial charge in [-0.05, 0) is 12.8 Å². The molecule has 0 bridgehead atoms. The molecular weight excluding hydrogens is 384 g/mol. The quantitative estimate of drug-likeness (QED) is 0.295. The molecule has 0 amide bonds. The lowest BCUT2D eigenvalue weighted by Gasteiger charge is -2.26. The van der Waals surface area contributed by atoms with Gasteiger partial charge in [0.15, 0.2) is 0 Å². The van der Waals surface area contributed by atoms with Gasteiger partial charge >= 0.3 is 17.6 Å². The molecule has 0 spiro atoms. The molecule has 0 aromatic heterocycles. The fourth-order valence-corrected chi connectivity index (χ4v) is 8.90. The van der Waals surface area contributed by atoms with Gasteiger partial charge in [-0.15, -0.1) is 0 Å². The first-order chi connectivity index (χ1) is 11.4. The summed E-state index contributed by atoms with van der Waals surface area (Å²) in [7, 11) is 8.82. The van der Waals surface area contributed by atoms with Crippen LogP contribution in [-0.4, -0.2) is 70.8 Å². The topological polar surface area (TPSA) is 55.4 Å². The molecule has 10 heteroatoms. The Morgan fingerprint density at radius 1 is 0.583 bits per heavy atom. The largest absolute Gasteiger partial charge is 0.500 e. The van der Waals surface area contributed by atoms with E-state index in [0.29, 0.717) is 10.5 Å². The van der Waals surface area contributed by atoms with Crippen LogP contribution in [0.15, 0.2) is 0 Å². The molecule has 146 valence electrons. The van der Waals surface area contributed by atoms with E-state index in [1.165, 1.54) is 0 Å². The standard InChI is InChI=1S/C14H34O6S2Si2/c1-13(9-11-23(15-3,16-4)17-5)21-22-14(2)10-12-24(18-6,19-7)20-8/h13-14H,9-12H2,1-8H3. The van der Waals surface area contributed by atoms with Crippen molar-refractivity contribution in [2.45, 2.75) is 49.3 Å². The second kappa shape index (κ2) is 13.1. The van der Waals surface area contributed by atoms with Gasteiger partial charge in [0.05, 0.1) is 0 Å². The minimum atomic E-state index is -2.46. The van der Waals surface area contributed by atoms with E-state index < -0.39 is 17.6 Å². The molecule has 0 saturated carbocycles. The predicted molar refractivity (Wildman–Crippen MR) is 107 cm³/mol. The van der Waals surface area contributed by atoms with Gasteiger partial charge in [-0.25, -0.2) is 0 Å². The summed E-state index contributed by atoms with van der Waals surface area (Å²) < 4.78 is 32.8. The van der Waals surface area contributed by atoms with Crippen LogP contribution in [0, 0.1) is 0 Å². The zero-order chi connectivity index (χ0) is 18.6. The van der Waals surface area contributed by atoms with Crippen LogP contribution in [0.25, 0.3) is 0 Å². The summed E-state index contributed by atoms with van der Waals surface area (Å²) in [6, 6.07) is 1.65. The molecule has 2 unspecified atom stereocenters. The minimum Gasteiger partial charge on any atom is -0.377 e. The highest BCUT2D eigenvalue weighted by atomic mass is 33.1. The minimum absolute atomic E-state index is 0.499. The van der Waals surface area contributed by atoms with Crippen molar-refractivity contribution in [3.63, 3.8) is 0 Å². The first kappa shape index (κ1) is 24.9. The third-order valence-electron chi connectivity index (χ3n) is 3.96. The Bertz CT molecular complexity index is 273. The highest BCUT2D eigenvalue weighted by Gasteiger charge is 2.38. The molecule has 0 rings (SSSR count). The van der Waals surface area contributed by atoms with Gasteiger partial charge in [0.25, 0.3) is 0 Å². The second-order valence-corrected chi connectivity index (χ2v) is 14.8. The van der Waals surface area contributed by atoms with Crippen molar-refractivity contribution in [2.75, 3.05) is 42.7 Å². The maximum atomic E-state index is 5.47. The van der Waals surface area contributed by atoms with E-state index in [1.807, 2.05) is 21.6 Å². The monoisotopic (exact) mass is 418 g/mol. The summed E-state index contributed by atoms with van der Waals surface area (Å²) in [4.78, 5) is 0. The molecule has 0 saturated heterocycles. The van der Waals surface area contributed by atoms with Gasteiger partial charge in [0.2, 0.25) is 0 Å². The van der Waals surface area contributed by atoms with E-state index >= 15 is 0 Å². The van der Waals surface area contributed by atoms with E-state index in [2.05, 4.69) is 13.8 Å². The van der Waals surface area contributed by atoms with Gasteiger partial charge in [-0.2, -0.15) is 0 Å². The SMILES string of the molecule is CO[Si](CCC(C)SSC(C)CC[Si](OC)(OC)OC)(OC)OC. The fourth-order valence-electron chi connectivity index (χ4n) is 2.16. The van der Waals surface area contributed by atoms with E-state index in [0.717, 1.165) is 24.9 Å². The van der Waals surface area contributed by atoms with E-state index in [9.17, 15) is 0 Å². The first-order valence-electron chi connectivity index (χ1n) is 7.99. The summed E-state index contributed by atoms with van der Waals surface area (Å²) >= 11 is 0. The molecule has 24 heavy (non-hydrogen) atoms. The molecule has 0 heterocycles. The molecule has 6 nitrogen and oxygen atoms in total. The average molecular weight is 419 g/mol. The van der Waals surface area contributed by atoms with Gasteiger partial charge in [0, 0.05) is 65.2 Å². The summed E-state index contributed by atoms with van der Waals surface area (Å²) in [5.74, 6) is 0. The first-order valence-corrected chi connectivity index (χ1v) is 14.1. The maximum absolute atomic E-state index is 5.47. The van der Waals surface area contributed by atoms with E-state index in [4.69, 9.17) is 26.6 Å². The molecular formula is C14H34O6S2Si2. The summed E-state index contributed by atoms with van der Waals surface area (Å²) in [5.41, 5.74) is 0. The number of hydrogen-bond donors (Lipinski definition) is 0. The van der Waals surface area contributed by atoms with Crippen molar-refractivity contribution < 1.29 is 26.6 Å². The van der Waals surface area contributed by atoms with Crippen molar-refractivity contribution in [1.82, 2.24) is 0 Å². The predicted octanol–water partition coefficient (Wildman–Crippen LogP) is 3.68. The second-order valence-electron chi connectivity index (χ2n) is 5.48. The smallest absolute Gasteiger partial charge is 0.377 e. The molecule has 0 radical (unpaired) electrons. The number of rotatable bonds is 15. The average Bonchev–Trinajstić information content (AvgIpc) is 2.63. The van der Waals surface area contributed by atoms with Crippen molar-refractivity contribution in [1.29, 1.82) is 0 Å². The van der Waals surface area contributed by atoms with Crippen LogP contribution >= 0.6 is 21.6 Å².